The molecule has 0 aliphatic carbocycles. The summed E-state index contributed by atoms with van der Waals surface area (Å²) in [6.45, 7) is 7.45. The van der Waals surface area contributed by atoms with Crippen molar-refractivity contribution < 1.29 is 27.1 Å². The lowest BCUT2D eigenvalue weighted by molar-refractivity contribution is 0.0980. The quantitative estimate of drug-likeness (QED) is 0.620. The summed E-state index contributed by atoms with van der Waals surface area (Å²) >= 11 is 0. The second-order valence-electron chi connectivity index (χ2n) is 9.08. The molecule has 2 aromatic rings. The van der Waals surface area contributed by atoms with Crippen molar-refractivity contribution in [3.8, 4) is 5.88 Å². The van der Waals surface area contributed by atoms with Crippen molar-refractivity contribution in [2.24, 2.45) is 5.92 Å². The Bertz CT molecular complexity index is 1200. The van der Waals surface area contributed by atoms with E-state index in [-0.39, 0.29) is 35.1 Å². The number of rotatable bonds is 6. The van der Waals surface area contributed by atoms with Gasteiger partial charge >= 0.3 is 0 Å². The van der Waals surface area contributed by atoms with E-state index in [0.717, 1.165) is 12.5 Å². The first-order valence-electron chi connectivity index (χ1n) is 11.0. The number of nitrogens with two attached hydrogens (primary N) is 1. The lowest BCUT2D eigenvalue weighted by Crippen LogP contribution is -2.44. The largest absolute Gasteiger partial charge is 0.470 e. The van der Waals surface area contributed by atoms with Crippen molar-refractivity contribution >= 4 is 27.6 Å². The molecule has 0 bridgehead atoms. The molecular formula is C22H28FN5O5S. The van der Waals surface area contributed by atoms with Crippen LogP contribution in [0.15, 0.2) is 29.3 Å². The van der Waals surface area contributed by atoms with Gasteiger partial charge in [0.1, 0.15) is 17.7 Å². The summed E-state index contributed by atoms with van der Waals surface area (Å²) < 4.78 is 53.4. The molecular weight excluding hydrogens is 465 g/mol. The van der Waals surface area contributed by atoms with Crippen molar-refractivity contribution in [3.05, 3.63) is 35.6 Å². The van der Waals surface area contributed by atoms with E-state index in [1.165, 1.54) is 18.2 Å². The summed E-state index contributed by atoms with van der Waals surface area (Å²) in [5.41, 5.74) is 4.94. The van der Waals surface area contributed by atoms with Crippen LogP contribution in [0.3, 0.4) is 0 Å². The minimum absolute atomic E-state index is 0.0195. The first-order chi connectivity index (χ1) is 16.0. The molecule has 1 unspecified atom stereocenters. The molecule has 0 saturated carbocycles. The van der Waals surface area contributed by atoms with E-state index in [1.54, 1.807) is 0 Å². The number of carbonyl (C=O) groups excluding carboxylic acids is 1. The van der Waals surface area contributed by atoms with Gasteiger partial charge in [0, 0.05) is 18.5 Å². The molecule has 0 aromatic carbocycles. The highest BCUT2D eigenvalue weighted by Crippen LogP contribution is 2.40. The average Bonchev–Trinajstić information content (AvgIpc) is 3.37. The molecule has 184 valence electrons. The number of anilines is 2. The van der Waals surface area contributed by atoms with Crippen LogP contribution in [0.5, 0.6) is 5.88 Å². The second kappa shape index (κ2) is 8.99. The third-order valence-electron chi connectivity index (χ3n) is 6.53. The molecule has 1 amide bonds. The molecule has 10 nitrogen and oxygen atoms in total. The molecule has 4 rings (SSSR count). The highest BCUT2D eigenvalue weighted by atomic mass is 32.2. The Labute approximate surface area is 197 Å². The van der Waals surface area contributed by atoms with E-state index < -0.39 is 32.3 Å². The van der Waals surface area contributed by atoms with Crippen molar-refractivity contribution in [1.82, 2.24) is 14.7 Å². The summed E-state index contributed by atoms with van der Waals surface area (Å²) in [5, 5.41) is -0.424. The molecule has 12 heteroatoms. The molecule has 2 fully saturated rings. The number of halogens is 1. The van der Waals surface area contributed by atoms with Gasteiger partial charge < -0.3 is 20.1 Å². The van der Waals surface area contributed by atoms with Crippen LogP contribution in [0.2, 0.25) is 0 Å². The van der Waals surface area contributed by atoms with Gasteiger partial charge in [-0.2, -0.15) is 13.4 Å². The van der Waals surface area contributed by atoms with E-state index in [0.29, 0.717) is 26.2 Å². The first-order valence-corrected chi connectivity index (χ1v) is 12.5. The van der Waals surface area contributed by atoms with Gasteiger partial charge in [-0.1, -0.05) is 13.0 Å². The number of hydrogen-bond acceptors (Lipinski definition) is 9. The zero-order valence-electron chi connectivity index (χ0n) is 19.2. The fourth-order valence-electron chi connectivity index (χ4n) is 4.10. The van der Waals surface area contributed by atoms with Gasteiger partial charge in [0.05, 0.1) is 18.8 Å². The summed E-state index contributed by atoms with van der Waals surface area (Å²) in [5.74, 6) is -1.77. The van der Waals surface area contributed by atoms with Crippen LogP contribution >= 0.6 is 0 Å². The monoisotopic (exact) mass is 493 g/mol. The van der Waals surface area contributed by atoms with Crippen LogP contribution < -0.4 is 20.1 Å². The number of amides is 1. The standard InChI is InChI=1S/C22H28FN5O5S/c1-13-7-9-28(22(13,2)3)19-15(11-16(23)21(26-19)33-14-8-10-32-12-14)20(29)27-34(30,31)18-6-4-5-17(24)25-18/h4-6,11,13-14H,7-10,12H2,1-3H3,(H2,24,25)(H,27,29)/t13?,14-/m0/s1. The molecule has 0 radical (unpaired) electrons. The van der Waals surface area contributed by atoms with E-state index in [1.807, 2.05) is 23.5 Å². The highest BCUT2D eigenvalue weighted by molar-refractivity contribution is 7.90. The number of carbonyl (C=O) groups is 1. The lowest BCUT2D eigenvalue weighted by atomic mass is 9.90. The topological polar surface area (TPSA) is 137 Å². The summed E-state index contributed by atoms with van der Waals surface area (Å²) in [7, 11) is -4.36. The maximum Gasteiger partial charge on any atom is 0.281 e. The average molecular weight is 494 g/mol. The third kappa shape index (κ3) is 4.64. The van der Waals surface area contributed by atoms with Crippen molar-refractivity contribution in [2.45, 2.75) is 50.3 Å². The maximum atomic E-state index is 15.0. The van der Waals surface area contributed by atoms with Crippen LogP contribution in [0.1, 0.15) is 44.0 Å². The third-order valence-corrected chi connectivity index (χ3v) is 7.76. The van der Waals surface area contributed by atoms with Crippen molar-refractivity contribution in [2.75, 3.05) is 30.4 Å². The zero-order chi connectivity index (χ0) is 24.7. The fourth-order valence-corrected chi connectivity index (χ4v) is 5.04. The lowest BCUT2D eigenvalue weighted by Gasteiger charge is -2.36. The van der Waals surface area contributed by atoms with Crippen LogP contribution in [-0.4, -0.2) is 55.7 Å². The molecule has 2 atom stereocenters. The van der Waals surface area contributed by atoms with Crippen molar-refractivity contribution in [3.63, 3.8) is 0 Å². The molecule has 2 aromatic heterocycles. The number of nitrogens with zero attached hydrogens (tertiary/aromatic N) is 3. The molecule has 2 saturated heterocycles. The predicted octanol–water partition coefficient (Wildman–Crippen LogP) is 2.11. The van der Waals surface area contributed by atoms with Gasteiger partial charge in [0.2, 0.25) is 0 Å². The van der Waals surface area contributed by atoms with Gasteiger partial charge in [-0.05, 0) is 44.4 Å². The van der Waals surface area contributed by atoms with E-state index in [9.17, 15) is 13.2 Å². The Morgan fingerprint density at radius 2 is 2.09 bits per heavy atom. The fraction of sp³-hybridized carbons (Fsp3) is 0.500. The number of nitrogens with one attached hydrogen (secondary N) is 1. The summed E-state index contributed by atoms with van der Waals surface area (Å²) in [4.78, 5) is 23.2. The molecule has 2 aliphatic rings. The second-order valence-corrected chi connectivity index (χ2v) is 10.7. The normalized spacial score (nSPS) is 22.1. The molecule has 0 spiro atoms. The van der Waals surface area contributed by atoms with E-state index >= 15 is 4.39 Å². The maximum absolute atomic E-state index is 15.0. The highest BCUT2D eigenvalue weighted by Gasteiger charge is 2.41. The van der Waals surface area contributed by atoms with Gasteiger partial charge in [0.15, 0.2) is 10.8 Å². The smallest absolute Gasteiger partial charge is 0.281 e. The van der Waals surface area contributed by atoms with Crippen LogP contribution in [0.25, 0.3) is 0 Å². The molecule has 3 N–H and O–H groups in total. The number of nitrogen functional groups attached to an aromatic ring is 1. The van der Waals surface area contributed by atoms with Gasteiger partial charge in [0.25, 0.3) is 21.8 Å². The number of ether oxygens (including phenoxy) is 2. The zero-order valence-corrected chi connectivity index (χ0v) is 20.1. The van der Waals surface area contributed by atoms with Crippen LogP contribution in [-0.2, 0) is 14.8 Å². The minimum atomic E-state index is -4.36. The molecule has 2 aliphatic heterocycles. The van der Waals surface area contributed by atoms with Crippen molar-refractivity contribution in [1.29, 1.82) is 0 Å². The van der Waals surface area contributed by atoms with Gasteiger partial charge in [-0.25, -0.2) is 14.1 Å². The number of aromatic nitrogens is 2. The molecule has 34 heavy (non-hydrogen) atoms. The summed E-state index contributed by atoms with van der Waals surface area (Å²) in [6.07, 6.45) is 1.07. The van der Waals surface area contributed by atoms with E-state index in [4.69, 9.17) is 15.2 Å². The Morgan fingerprint density at radius 3 is 2.71 bits per heavy atom. The SMILES string of the molecule is CC1CCN(c2nc(O[C@H]3CCOC3)c(F)cc2C(=O)NS(=O)(=O)c2cccc(N)n2)C1(C)C. The Hall–Kier alpha value is -2.99. The number of sulfonamides is 1. The number of pyridine rings is 2. The Kier molecular flexibility index (Phi) is 6.38. The van der Waals surface area contributed by atoms with Crippen LogP contribution in [0, 0.1) is 11.7 Å². The minimum Gasteiger partial charge on any atom is -0.470 e. The Balaban J connectivity index is 1.73. The first kappa shape index (κ1) is 24.1. The predicted molar refractivity (Wildman–Crippen MR) is 123 cm³/mol. The summed E-state index contributed by atoms with van der Waals surface area (Å²) in [6, 6.07) is 4.99. The molecule has 4 heterocycles. The number of hydrogen-bond donors (Lipinski definition) is 2. The van der Waals surface area contributed by atoms with Crippen LogP contribution in [0.4, 0.5) is 16.0 Å². The van der Waals surface area contributed by atoms with E-state index in [2.05, 4.69) is 16.9 Å². The van der Waals surface area contributed by atoms with Gasteiger partial charge in [-0.3, -0.25) is 4.79 Å². The Morgan fingerprint density at radius 1 is 1.32 bits per heavy atom. The van der Waals surface area contributed by atoms with Gasteiger partial charge in [-0.15, -0.1) is 0 Å².